The maximum atomic E-state index is 12.6. The van der Waals surface area contributed by atoms with Crippen LogP contribution in [0.3, 0.4) is 0 Å². The molecule has 1 saturated heterocycles. The van der Waals surface area contributed by atoms with Gasteiger partial charge >= 0.3 is 6.09 Å². The minimum absolute atomic E-state index is 0.0710. The molecule has 0 bridgehead atoms. The molecule has 2 heterocycles. The average molecular weight is 475 g/mol. The number of benzene rings is 2. The number of carbonyl (C=O) groups excluding carboxylic acids is 1. The van der Waals surface area contributed by atoms with Crippen molar-refractivity contribution in [2.75, 3.05) is 18.4 Å². The van der Waals surface area contributed by atoms with Gasteiger partial charge in [-0.2, -0.15) is 0 Å². The molecule has 3 aromatic rings. The predicted octanol–water partition coefficient (Wildman–Crippen LogP) is 6.20. The number of carbonyl (C=O) groups is 1. The molecule has 170 valence electrons. The summed E-state index contributed by atoms with van der Waals surface area (Å²) in [7, 11) is 0. The molecule has 0 saturated carbocycles. The topological polar surface area (TPSA) is 59.4 Å². The van der Waals surface area contributed by atoms with Crippen LogP contribution in [0.4, 0.5) is 10.7 Å². The van der Waals surface area contributed by atoms with E-state index in [1.165, 1.54) is 0 Å². The third-order valence-electron chi connectivity index (χ3n) is 5.40. The molecule has 1 aliphatic rings. The maximum Gasteiger partial charge on any atom is 0.410 e. The summed E-state index contributed by atoms with van der Waals surface area (Å²) in [6, 6.07) is 13.5. The van der Waals surface area contributed by atoms with Crippen molar-refractivity contribution in [2.24, 2.45) is 0 Å². The zero-order valence-corrected chi connectivity index (χ0v) is 20.1. The van der Waals surface area contributed by atoms with Gasteiger partial charge in [0.2, 0.25) is 5.95 Å². The highest BCUT2D eigenvalue weighted by Gasteiger charge is 2.28. The van der Waals surface area contributed by atoms with E-state index in [4.69, 9.17) is 32.9 Å². The number of likely N-dealkylation sites (tertiary alicyclic amines) is 1. The number of amides is 1. The lowest BCUT2D eigenvalue weighted by molar-refractivity contribution is 0.0206. The first kappa shape index (κ1) is 22.7. The predicted molar refractivity (Wildman–Crippen MR) is 130 cm³/mol. The Kier molecular flexibility index (Phi) is 6.54. The number of piperidine rings is 1. The highest BCUT2D eigenvalue weighted by molar-refractivity contribution is 6.33. The summed E-state index contributed by atoms with van der Waals surface area (Å²) >= 11 is 12.7. The van der Waals surface area contributed by atoms with E-state index in [9.17, 15) is 4.79 Å². The summed E-state index contributed by atoms with van der Waals surface area (Å²) in [6.07, 6.45) is 1.57. The second-order valence-electron chi connectivity index (χ2n) is 9.16. The highest BCUT2D eigenvalue weighted by Crippen LogP contribution is 2.27. The van der Waals surface area contributed by atoms with E-state index in [-0.39, 0.29) is 12.1 Å². The van der Waals surface area contributed by atoms with Gasteiger partial charge in [0.15, 0.2) is 0 Å². The molecule has 0 radical (unpaired) electrons. The van der Waals surface area contributed by atoms with Crippen molar-refractivity contribution in [2.45, 2.75) is 51.8 Å². The molecule has 1 amide bonds. The van der Waals surface area contributed by atoms with E-state index in [1.54, 1.807) is 11.0 Å². The second-order valence-corrected chi connectivity index (χ2v) is 10.00. The van der Waals surface area contributed by atoms with E-state index in [1.807, 2.05) is 57.2 Å². The Morgan fingerprint density at radius 3 is 2.78 bits per heavy atom. The van der Waals surface area contributed by atoms with Gasteiger partial charge in [-0.15, -0.1) is 0 Å². The van der Waals surface area contributed by atoms with Crippen molar-refractivity contribution in [3.63, 3.8) is 0 Å². The molecule has 1 aromatic heterocycles. The normalized spacial score (nSPS) is 16.9. The zero-order valence-electron chi connectivity index (χ0n) is 18.6. The van der Waals surface area contributed by atoms with Crippen molar-refractivity contribution < 1.29 is 9.53 Å². The highest BCUT2D eigenvalue weighted by atomic mass is 35.5. The molecule has 0 spiro atoms. The first-order valence-corrected chi connectivity index (χ1v) is 11.6. The van der Waals surface area contributed by atoms with Gasteiger partial charge in [-0.25, -0.2) is 9.78 Å². The quantitative estimate of drug-likeness (QED) is 0.488. The van der Waals surface area contributed by atoms with E-state index < -0.39 is 5.60 Å². The van der Waals surface area contributed by atoms with Gasteiger partial charge in [0.05, 0.1) is 17.6 Å². The zero-order chi connectivity index (χ0) is 22.9. The van der Waals surface area contributed by atoms with Crippen LogP contribution in [-0.4, -0.2) is 45.3 Å². The summed E-state index contributed by atoms with van der Waals surface area (Å²) in [5.41, 5.74) is 2.31. The number of fused-ring (bicyclic) bond motifs is 1. The summed E-state index contributed by atoms with van der Waals surface area (Å²) in [5, 5.41) is 4.87. The summed E-state index contributed by atoms with van der Waals surface area (Å²) in [6.45, 7) is 7.44. The van der Waals surface area contributed by atoms with E-state index in [0.717, 1.165) is 35.4 Å². The number of hydrogen-bond donors (Lipinski definition) is 1. The number of aromatic nitrogens is 2. The molecule has 32 heavy (non-hydrogen) atoms. The van der Waals surface area contributed by atoms with Crippen LogP contribution in [0.15, 0.2) is 42.5 Å². The number of hydrogen-bond acceptors (Lipinski definition) is 4. The lowest BCUT2D eigenvalue weighted by atomic mass is 10.1. The lowest BCUT2D eigenvalue weighted by Crippen LogP contribution is -2.47. The van der Waals surface area contributed by atoms with Crippen molar-refractivity contribution >= 4 is 46.3 Å². The molecular formula is C24H28Cl2N4O2. The fourth-order valence-corrected chi connectivity index (χ4v) is 4.32. The van der Waals surface area contributed by atoms with Crippen LogP contribution >= 0.6 is 23.2 Å². The number of halogens is 2. The molecule has 6 nitrogen and oxygen atoms in total. The third kappa shape index (κ3) is 5.30. The first-order valence-electron chi connectivity index (χ1n) is 10.8. The van der Waals surface area contributed by atoms with Gasteiger partial charge in [0.25, 0.3) is 0 Å². The minimum Gasteiger partial charge on any atom is -0.444 e. The minimum atomic E-state index is -0.512. The summed E-state index contributed by atoms with van der Waals surface area (Å²) < 4.78 is 7.67. The average Bonchev–Trinajstić information content (AvgIpc) is 3.07. The van der Waals surface area contributed by atoms with Gasteiger partial charge in [0, 0.05) is 29.2 Å². The largest absolute Gasteiger partial charge is 0.444 e. The Morgan fingerprint density at radius 1 is 1.22 bits per heavy atom. The van der Waals surface area contributed by atoms with Gasteiger partial charge < -0.3 is 19.5 Å². The summed E-state index contributed by atoms with van der Waals surface area (Å²) in [4.78, 5) is 19.2. The van der Waals surface area contributed by atoms with E-state index >= 15 is 0 Å². The SMILES string of the molecule is CC(C)(C)OC(=O)N1CCCC(Nc2nc3ccccc3n2Cc2cc(Cl)ccc2Cl)C1. The smallest absolute Gasteiger partial charge is 0.410 e. The maximum absolute atomic E-state index is 12.6. The molecule has 1 atom stereocenters. The molecule has 8 heteroatoms. The number of nitrogens with zero attached hydrogens (tertiary/aromatic N) is 3. The number of anilines is 1. The molecule has 4 rings (SSSR count). The molecule has 1 fully saturated rings. The molecule has 1 unspecified atom stereocenters. The Morgan fingerprint density at radius 2 is 2.00 bits per heavy atom. The number of rotatable bonds is 4. The van der Waals surface area contributed by atoms with Crippen molar-refractivity contribution in [3.05, 3.63) is 58.1 Å². The summed E-state index contributed by atoms with van der Waals surface area (Å²) in [5.74, 6) is 0.748. The Hall–Kier alpha value is -2.44. The molecular weight excluding hydrogens is 447 g/mol. The van der Waals surface area contributed by atoms with Gasteiger partial charge in [-0.3, -0.25) is 0 Å². The van der Waals surface area contributed by atoms with Crippen LogP contribution in [0.5, 0.6) is 0 Å². The number of nitrogens with one attached hydrogen (secondary N) is 1. The van der Waals surface area contributed by atoms with Crippen molar-refractivity contribution in [1.29, 1.82) is 0 Å². The van der Waals surface area contributed by atoms with Crippen LogP contribution in [0, 0.1) is 0 Å². The van der Waals surface area contributed by atoms with Gasteiger partial charge in [0.1, 0.15) is 5.60 Å². The Labute approximate surface area is 198 Å². The number of imidazole rings is 1. The van der Waals surface area contributed by atoms with Crippen molar-refractivity contribution in [1.82, 2.24) is 14.5 Å². The molecule has 0 aliphatic carbocycles. The number of para-hydroxylation sites is 2. The Bertz CT molecular complexity index is 1120. The Balaban J connectivity index is 1.58. The van der Waals surface area contributed by atoms with Crippen LogP contribution in [0.1, 0.15) is 39.2 Å². The first-order chi connectivity index (χ1) is 15.2. The third-order valence-corrected chi connectivity index (χ3v) is 6.00. The lowest BCUT2D eigenvalue weighted by Gasteiger charge is -2.34. The van der Waals surface area contributed by atoms with Crippen LogP contribution in [0.2, 0.25) is 10.0 Å². The van der Waals surface area contributed by atoms with Gasteiger partial charge in [-0.05, 0) is 69.5 Å². The fraction of sp³-hybridized carbons (Fsp3) is 0.417. The molecule has 2 aromatic carbocycles. The number of ether oxygens (including phenoxy) is 1. The molecule has 1 N–H and O–H groups in total. The van der Waals surface area contributed by atoms with E-state index in [0.29, 0.717) is 29.7 Å². The monoisotopic (exact) mass is 474 g/mol. The van der Waals surface area contributed by atoms with E-state index in [2.05, 4.69) is 9.88 Å². The standard InChI is InChI=1S/C24H28Cl2N4O2/c1-24(2,3)32-23(31)29-12-6-7-18(15-29)27-22-28-20-8-4-5-9-21(20)30(22)14-16-13-17(25)10-11-19(16)26/h4-5,8-11,13,18H,6-7,12,14-15H2,1-3H3,(H,27,28). The fourth-order valence-electron chi connectivity index (χ4n) is 3.95. The molecule has 1 aliphatic heterocycles. The van der Waals surface area contributed by atoms with Gasteiger partial charge in [-0.1, -0.05) is 35.3 Å². The van der Waals surface area contributed by atoms with Crippen LogP contribution in [-0.2, 0) is 11.3 Å². The van der Waals surface area contributed by atoms with Crippen molar-refractivity contribution in [3.8, 4) is 0 Å². The van der Waals surface area contributed by atoms with Crippen LogP contribution in [0.25, 0.3) is 11.0 Å². The second kappa shape index (κ2) is 9.20. The van der Waals surface area contributed by atoms with Crippen LogP contribution < -0.4 is 5.32 Å².